The second-order valence-corrected chi connectivity index (χ2v) is 3.33. The molecule has 1 aliphatic rings. The first-order valence-corrected chi connectivity index (χ1v) is 4.95. The maximum atomic E-state index is 5.59. The van der Waals surface area contributed by atoms with Crippen molar-refractivity contribution in [3.63, 3.8) is 0 Å². The van der Waals surface area contributed by atoms with Crippen molar-refractivity contribution in [1.82, 2.24) is 5.32 Å². The molecule has 1 aliphatic heterocycles. The van der Waals surface area contributed by atoms with Gasteiger partial charge in [-0.3, -0.25) is 0 Å². The van der Waals surface area contributed by atoms with Gasteiger partial charge in [0.2, 0.25) is 0 Å². The summed E-state index contributed by atoms with van der Waals surface area (Å²) < 4.78 is 10.9. The zero-order chi connectivity index (χ0) is 9.80. The summed E-state index contributed by atoms with van der Waals surface area (Å²) >= 11 is 0. The highest BCUT2D eigenvalue weighted by Gasteiger charge is 2.20. The second-order valence-electron chi connectivity index (χ2n) is 3.33. The van der Waals surface area contributed by atoms with Crippen molar-refractivity contribution in [1.29, 1.82) is 0 Å². The average molecular weight is 193 g/mol. The SMILES string of the molecule is CNC(C1=CCCCO1)c1ccco1. The zero-order valence-electron chi connectivity index (χ0n) is 8.32. The Morgan fingerprint density at radius 3 is 3.00 bits per heavy atom. The Labute approximate surface area is 83.7 Å². The van der Waals surface area contributed by atoms with Crippen molar-refractivity contribution in [3.8, 4) is 0 Å². The van der Waals surface area contributed by atoms with Gasteiger partial charge in [-0.25, -0.2) is 0 Å². The highest BCUT2D eigenvalue weighted by Crippen LogP contribution is 2.25. The van der Waals surface area contributed by atoms with E-state index < -0.39 is 0 Å². The van der Waals surface area contributed by atoms with E-state index in [1.165, 1.54) is 0 Å². The molecule has 76 valence electrons. The third-order valence-corrected chi connectivity index (χ3v) is 2.36. The van der Waals surface area contributed by atoms with Crippen LogP contribution in [0.5, 0.6) is 0 Å². The number of hydrogen-bond acceptors (Lipinski definition) is 3. The van der Waals surface area contributed by atoms with Crippen LogP contribution in [0.1, 0.15) is 24.6 Å². The molecule has 2 heterocycles. The van der Waals surface area contributed by atoms with E-state index >= 15 is 0 Å². The monoisotopic (exact) mass is 193 g/mol. The van der Waals surface area contributed by atoms with Gasteiger partial charge < -0.3 is 14.5 Å². The lowest BCUT2D eigenvalue weighted by atomic mass is 10.1. The van der Waals surface area contributed by atoms with Gasteiger partial charge in [0.15, 0.2) is 0 Å². The highest BCUT2D eigenvalue weighted by molar-refractivity contribution is 5.17. The van der Waals surface area contributed by atoms with Crippen molar-refractivity contribution >= 4 is 0 Å². The summed E-state index contributed by atoms with van der Waals surface area (Å²) in [7, 11) is 1.91. The van der Waals surface area contributed by atoms with Crippen molar-refractivity contribution in [3.05, 3.63) is 36.0 Å². The summed E-state index contributed by atoms with van der Waals surface area (Å²) in [6, 6.07) is 3.91. The minimum atomic E-state index is 0.0605. The first-order valence-electron chi connectivity index (χ1n) is 4.95. The van der Waals surface area contributed by atoms with Crippen molar-refractivity contribution in [2.45, 2.75) is 18.9 Å². The maximum Gasteiger partial charge on any atom is 0.128 e. The number of hydrogen-bond donors (Lipinski definition) is 1. The molecule has 0 bridgehead atoms. The number of furan rings is 1. The third-order valence-electron chi connectivity index (χ3n) is 2.36. The summed E-state index contributed by atoms with van der Waals surface area (Å²) in [5, 5.41) is 3.19. The first-order chi connectivity index (χ1) is 6.92. The Morgan fingerprint density at radius 1 is 1.50 bits per heavy atom. The Balaban J connectivity index is 2.16. The van der Waals surface area contributed by atoms with Crippen LogP contribution in [-0.2, 0) is 4.74 Å². The Morgan fingerprint density at radius 2 is 2.43 bits per heavy atom. The molecule has 1 unspecified atom stereocenters. The summed E-state index contributed by atoms with van der Waals surface area (Å²) in [4.78, 5) is 0. The molecular formula is C11H15NO2. The fourth-order valence-corrected chi connectivity index (χ4v) is 1.66. The quantitative estimate of drug-likeness (QED) is 0.799. The van der Waals surface area contributed by atoms with Crippen molar-refractivity contribution in [2.75, 3.05) is 13.7 Å². The molecule has 0 amide bonds. The molecular weight excluding hydrogens is 178 g/mol. The molecule has 1 atom stereocenters. The van der Waals surface area contributed by atoms with Crippen LogP contribution >= 0.6 is 0 Å². The third kappa shape index (κ3) is 1.82. The standard InChI is InChI=1S/C11H15NO2/c1-12-11(10-6-4-8-14-10)9-5-2-3-7-13-9/h4-6,8,11-12H,2-3,7H2,1H3. The van der Waals surface area contributed by atoms with Crippen LogP contribution in [-0.4, -0.2) is 13.7 Å². The molecule has 3 nitrogen and oxygen atoms in total. The summed E-state index contributed by atoms with van der Waals surface area (Å²) in [6.07, 6.45) is 6.02. The molecule has 0 saturated carbocycles. The van der Waals surface area contributed by atoms with Crippen LogP contribution in [0, 0.1) is 0 Å². The molecule has 0 aliphatic carbocycles. The van der Waals surface area contributed by atoms with E-state index in [9.17, 15) is 0 Å². The Kier molecular flexibility index (Phi) is 2.89. The molecule has 0 spiro atoms. The second kappa shape index (κ2) is 4.33. The molecule has 0 saturated heterocycles. The predicted octanol–water partition coefficient (Wildman–Crippen LogP) is 2.23. The number of rotatable bonds is 3. The van der Waals surface area contributed by atoms with E-state index in [0.29, 0.717) is 0 Å². The van der Waals surface area contributed by atoms with Gasteiger partial charge in [-0.15, -0.1) is 0 Å². The molecule has 0 radical (unpaired) electrons. The Bertz CT molecular complexity index is 303. The van der Waals surface area contributed by atoms with Crippen LogP contribution in [0.25, 0.3) is 0 Å². The van der Waals surface area contributed by atoms with E-state index in [4.69, 9.17) is 9.15 Å². The van der Waals surface area contributed by atoms with Gasteiger partial charge in [0, 0.05) is 0 Å². The largest absolute Gasteiger partial charge is 0.496 e. The van der Waals surface area contributed by atoms with Crippen LogP contribution < -0.4 is 5.32 Å². The minimum absolute atomic E-state index is 0.0605. The number of ether oxygens (including phenoxy) is 1. The van der Waals surface area contributed by atoms with Gasteiger partial charge in [0.05, 0.1) is 12.9 Å². The summed E-state index contributed by atoms with van der Waals surface area (Å²) in [6.45, 7) is 0.810. The summed E-state index contributed by atoms with van der Waals surface area (Å²) in [5.74, 6) is 1.88. The normalized spacial score (nSPS) is 18.5. The molecule has 1 aromatic rings. The first kappa shape index (κ1) is 9.34. The van der Waals surface area contributed by atoms with Gasteiger partial charge in [-0.1, -0.05) is 0 Å². The van der Waals surface area contributed by atoms with Crippen molar-refractivity contribution < 1.29 is 9.15 Å². The molecule has 3 heteroatoms. The smallest absolute Gasteiger partial charge is 0.128 e. The zero-order valence-corrected chi connectivity index (χ0v) is 8.32. The molecule has 2 rings (SSSR count). The van der Waals surface area contributed by atoms with Crippen LogP contribution in [0.2, 0.25) is 0 Å². The lowest BCUT2D eigenvalue weighted by Crippen LogP contribution is -2.21. The lowest BCUT2D eigenvalue weighted by Gasteiger charge is -2.21. The highest BCUT2D eigenvalue weighted by atomic mass is 16.5. The van der Waals surface area contributed by atoms with Gasteiger partial charge in [-0.05, 0) is 38.1 Å². The molecule has 0 fully saturated rings. The maximum absolute atomic E-state index is 5.59. The number of likely N-dealkylation sites (N-methyl/N-ethyl adjacent to an activating group) is 1. The topological polar surface area (TPSA) is 34.4 Å². The fraction of sp³-hybridized carbons (Fsp3) is 0.455. The Hall–Kier alpha value is -1.22. The molecule has 1 N–H and O–H groups in total. The molecule has 14 heavy (non-hydrogen) atoms. The van der Waals surface area contributed by atoms with Crippen LogP contribution in [0.4, 0.5) is 0 Å². The van der Waals surface area contributed by atoms with E-state index in [1.54, 1.807) is 6.26 Å². The molecule has 1 aromatic heterocycles. The van der Waals surface area contributed by atoms with Gasteiger partial charge in [0.1, 0.15) is 17.6 Å². The predicted molar refractivity (Wildman–Crippen MR) is 53.8 cm³/mol. The fourth-order valence-electron chi connectivity index (χ4n) is 1.66. The number of allylic oxidation sites excluding steroid dienone is 1. The van der Waals surface area contributed by atoms with Crippen LogP contribution in [0.3, 0.4) is 0 Å². The van der Waals surface area contributed by atoms with Crippen LogP contribution in [0.15, 0.2) is 34.6 Å². The van der Waals surface area contributed by atoms with Gasteiger partial charge in [0.25, 0.3) is 0 Å². The van der Waals surface area contributed by atoms with Crippen molar-refractivity contribution in [2.24, 2.45) is 0 Å². The van der Waals surface area contributed by atoms with E-state index in [2.05, 4.69) is 11.4 Å². The van der Waals surface area contributed by atoms with Gasteiger partial charge in [-0.2, -0.15) is 0 Å². The summed E-state index contributed by atoms with van der Waals surface area (Å²) in [5.41, 5.74) is 0. The average Bonchev–Trinajstić information content (AvgIpc) is 2.74. The van der Waals surface area contributed by atoms with Gasteiger partial charge >= 0.3 is 0 Å². The molecule has 0 aromatic carbocycles. The number of nitrogens with one attached hydrogen (secondary N) is 1. The minimum Gasteiger partial charge on any atom is -0.496 e. The van der Waals surface area contributed by atoms with E-state index in [1.807, 2.05) is 19.2 Å². The van der Waals surface area contributed by atoms with E-state index in [-0.39, 0.29) is 6.04 Å². The lowest BCUT2D eigenvalue weighted by molar-refractivity contribution is 0.164. The van der Waals surface area contributed by atoms with E-state index in [0.717, 1.165) is 31.0 Å².